The zero-order valence-corrected chi connectivity index (χ0v) is 19.5. The average Bonchev–Trinajstić information content (AvgIpc) is 3.27. The fraction of sp³-hybridized carbons (Fsp3) is 0.308. The van der Waals surface area contributed by atoms with Gasteiger partial charge >= 0.3 is 11.6 Å². The maximum Gasteiger partial charge on any atom is 0.338 e. The van der Waals surface area contributed by atoms with E-state index in [0.29, 0.717) is 31.0 Å². The van der Waals surface area contributed by atoms with E-state index in [1.165, 1.54) is 6.07 Å². The fourth-order valence-corrected chi connectivity index (χ4v) is 4.81. The number of nitrogens with one attached hydrogen (secondary N) is 2. The molecule has 2 aromatic carbocycles. The Kier molecular flexibility index (Phi) is 6.43. The Hall–Kier alpha value is -3.82. The van der Waals surface area contributed by atoms with Crippen LogP contribution in [0.3, 0.4) is 0 Å². The van der Waals surface area contributed by atoms with Gasteiger partial charge in [-0.25, -0.2) is 4.79 Å². The number of benzene rings is 2. The summed E-state index contributed by atoms with van der Waals surface area (Å²) in [6, 6.07) is 13.8. The minimum atomic E-state index is -0.862. The van der Waals surface area contributed by atoms with E-state index in [9.17, 15) is 14.7 Å². The Balaban J connectivity index is 1.22. The molecular formula is C26H28N4O5. The Morgan fingerprint density at radius 2 is 1.94 bits per heavy atom. The minimum Gasteiger partial charge on any atom is -0.497 e. The molecule has 1 aliphatic heterocycles. The first-order chi connectivity index (χ1) is 17.0. The first kappa shape index (κ1) is 22.9. The second-order valence-corrected chi connectivity index (χ2v) is 8.68. The summed E-state index contributed by atoms with van der Waals surface area (Å²) in [7, 11) is 1.60. The maximum absolute atomic E-state index is 12.3. The van der Waals surface area contributed by atoms with E-state index in [1.807, 2.05) is 41.3 Å². The molecule has 0 bridgehead atoms. The molecule has 1 aliphatic rings. The van der Waals surface area contributed by atoms with Gasteiger partial charge in [-0.1, -0.05) is 12.1 Å². The fourth-order valence-electron chi connectivity index (χ4n) is 4.81. The standard InChI is InChI=1S/C26H28N4O5/c1-34-17-6-7-21-19(14-17)20(16-28-21)25(26(32)33)30-12-10-29(11-13-30)9-8-27-22-15-24(31)35-23-5-3-2-4-18(22)23/h2-7,14-16,25,27-28H,8-13H2,1H3,(H,32,33)/t25-/m1/s1. The molecule has 1 saturated heterocycles. The molecule has 0 amide bonds. The zero-order chi connectivity index (χ0) is 24.4. The number of nitrogens with zero attached hydrogens (tertiary/aromatic N) is 2. The number of aromatic amines is 1. The monoisotopic (exact) mass is 476 g/mol. The Labute approximate surface area is 201 Å². The van der Waals surface area contributed by atoms with Gasteiger partial charge in [-0.3, -0.25) is 14.6 Å². The first-order valence-electron chi connectivity index (χ1n) is 11.6. The summed E-state index contributed by atoms with van der Waals surface area (Å²) in [5, 5.41) is 15.2. The molecule has 182 valence electrons. The number of ether oxygens (including phenoxy) is 1. The van der Waals surface area contributed by atoms with Gasteiger partial charge in [0.2, 0.25) is 0 Å². The van der Waals surface area contributed by atoms with Gasteiger partial charge in [0.05, 0.1) is 12.8 Å². The molecular weight excluding hydrogens is 448 g/mol. The molecule has 0 aliphatic carbocycles. The molecule has 9 nitrogen and oxygen atoms in total. The van der Waals surface area contributed by atoms with E-state index in [2.05, 4.69) is 15.2 Å². The number of H-pyrrole nitrogens is 1. The van der Waals surface area contributed by atoms with Crippen molar-refractivity contribution in [3.05, 3.63) is 70.7 Å². The third-order valence-electron chi connectivity index (χ3n) is 6.61. The summed E-state index contributed by atoms with van der Waals surface area (Å²) in [6.07, 6.45) is 1.79. The molecule has 0 radical (unpaired) electrons. The number of hydrogen-bond donors (Lipinski definition) is 3. The predicted octanol–water partition coefficient (Wildman–Crippen LogP) is 3.14. The number of methoxy groups -OCH3 is 1. The number of carbonyl (C=O) groups is 1. The highest BCUT2D eigenvalue weighted by Crippen LogP contribution is 2.31. The second kappa shape index (κ2) is 9.81. The number of para-hydroxylation sites is 1. The lowest BCUT2D eigenvalue weighted by molar-refractivity contribution is -0.144. The summed E-state index contributed by atoms with van der Waals surface area (Å²) >= 11 is 0. The Bertz CT molecular complexity index is 1400. The van der Waals surface area contributed by atoms with Crippen LogP contribution >= 0.6 is 0 Å². The highest BCUT2D eigenvalue weighted by atomic mass is 16.5. The van der Waals surface area contributed by atoms with Crippen molar-refractivity contribution in [2.45, 2.75) is 6.04 Å². The molecule has 0 saturated carbocycles. The van der Waals surface area contributed by atoms with Crippen LogP contribution in [-0.4, -0.2) is 72.2 Å². The molecule has 9 heteroatoms. The van der Waals surface area contributed by atoms with Crippen LogP contribution in [0.2, 0.25) is 0 Å². The Morgan fingerprint density at radius 3 is 2.71 bits per heavy atom. The van der Waals surface area contributed by atoms with Crippen LogP contribution in [0, 0.1) is 0 Å². The largest absolute Gasteiger partial charge is 0.497 e. The third-order valence-corrected chi connectivity index (χ3v) is 6.61. The third kappa shape index (κ3) is 4.73. The number of anilines is 1. The summed E-state index contributed by atoms with van der Waals surface area (Å²) in [6.45, 7) is 4.25. The van der Waals surface area contributed by atoms with Crippen LogP contribution in [0.25, 0.3) is 21.9 Å². The smallest absolute Gasteiger partial charge is 0.338 e. The van der Waals surface area contributed by atoms with Gasteiger partial charge in [-0.15, -0.1) is 0 Å². The average molecular weight is 477 g/mol. The first-order valence-corrected chi connectivity index (χ1v) is 11.6. The quantitative estimate of drug-likeness (QED) is 0.333. The molecule has 0 unspecified atom stereocenters. The van der Waals surface area contributed by atoms with Crippen LogP contribution in [0.5, 0.6) is 5.75 Å². The lowest BCUT2D eigenvalue weighted by Gasteiger charge is -2.37. The number of rotatable bonds is 8. The molecule has 5 rings (SSSR count). The summed E-state index contributed by atoms with van der Waals surface area (Å²) in [5.74, 6) is -0.164. The lowest BCUT2D eigenvalue weighted by Crippen LogP contribution is -2.50. The molecule has 3 heterocycles. The molecule has 1 atom stereocenters. The van der Waals surface area contributed by atoms with Gasteiger partial charge in [-0.2, -0.15) is 0 Å². The molecule has 3 N–H and O–H groups in total. The van der Waals surface area contributed by atoms with Crippen molar-refractivity contribution in [2.75, 3.05) is 51.7 Å². The van der Waals surface area contributed by atoms with Gasteiger partial charge in [-0.05, 0) is 30.3 Å². The van der Waals surface area contributed by atoms with E-state index in [0.717, 1.165) is 47.2 Å². The molecule has 4 aromatic rings. The van der Waals surface area contributed by atoms with E-state index >= 15 is 0 Å². The van der Waals surface area contributed by atoms with E-state index in [4.69, 9.17) is 9.15 Å². The number of carboxylic acids is 1. The molecule has 1 fully saturated rings. The van der Waals surface area contributed by atoms with E-state index in [1.54, 1.807) is 19.4 Å². The van der Waals surface area contributed by atoms with Crippen LogP contribution in [0.4, 0.5) is 5.69 Å². The number of fused-ring (bicyclic) bond motifs is 2. The van der Waals surface area contributed by atoms with Gasteiger partial charge in [0, 0.05) is 73.4 Å². The predicted molar refractivity (Wildman–Crippen MR) is 134 cm³/mol. The summed E-state index contributed by atoms with van der Waals surface area (Å²) in [5.41, 5.74) is 2.58. The molecule has 35 heavy (non-hydrogen) atoms. The van der Waals surface area contributed by atoms with Gasteiger partial charge < -0.3 is 24.6 Å². The lowest BCUT2D eigenvalue weighted by atomic mass is 10.0. The molecule has 0 spiro atoms. The topological polar surface area (TPSA) is 111 Å². The number of carboxylic acid groups (broad SMARTS) is 1. The number of aromatic nitrogens is 1. The van der Waals surface area contributed by atoms with Crippen molar-refractivity contribution in [1.82, 2.24) is 14.8 Å². The SMILES string of the molecule is COc1ccc2[nH]cc([C@H](C(=O)O)N3CCN(CCNc4cc(=O)oc5ccccc45)CC3)c2c1. The normalized spacial score (nSPS) is 15.9. The number of piperazine rings is 1. The van der Waals surface area contributed by atoms with Crippen molar-refractivity contribution in [3.8, 4) is 5.75 Å². The summed E-state index contributed by atoms with van der Waals surface area (Å²) < 4.78 is 10.6. The molecule has 2 aromatic heterocycles. The van der Waals surface area contributed by atoms with Gasteiger partial charge in [0.15, 0.2) is 0 Å². The van der Waals surface area contributed by atoms with Crippen LogP contribution in [0.15, 0.2) is 63.9 Å². The zero-order valence-electron chi connectivity index (χ0n) is 19.5. The second-order valence-electron chi connectivity index (χ2n) is 8.68. The van der Waals surface area contributed by atoms with Gasteiger partial charge in [0.25, 0.3) is 0 Å². The van der Waals surface area contributed by atoms with Gasteiger partial charge in [0.1, 0.15) is 17.4 Å². The van der Waals surface area contributed by atoms with Crippen molar-refractivity contribution < 1.29 is 19.1 Å². The number of hydrogen-bond acceptors (Lipinski definition) is 7. The van der Waals surface area contributed by atoms with Crippen LogP contribution < -0.4 is 15.7 Å². The van der Waals surface area contributed by atoms with Crippen LogP contribution in [-0.2, 0) is 4.79 Å². The Morgan fingerprint density at radius 1 is 1.14 bits per heavy atom. The van der Waals surface area contributed by atoms with Crippen molar-refractivity contribution in [3.63, 3.8) is 0 Å². The van der Waals surface area contributed by atoms with E-state index in [-0.39, 0.29) is 5.63 Å². The number of aliphatic carboxylic acids is 1. The highest BCUT2D eigenvalue weighted by Gasteiger charge is 2.32. The maximum atomic E-state index is 12.3. The highest BCUT2D eigenvalue weighted by molar-refractivity contribution is 5.90. The van der Waals surface area contributed by atoms with E-state index < -0.39 is 12.0 Å². The van der Waals surface area contributed by atoms with Crippen LogP contribution in [0.1, 0.15) is 11.6 Å². The van der Waals surface area contributed by atoms with Crippen molar-refractivity contribution in [2.24, 2.45) is 0 Å². The summed E-state index contributed by atoms with van der Waals surface area (Å²) in [4.78, 5) is 31.7. The van der Waals surface area contributed by atoms with Crippen molar-refractivity contribution >= 4 is 33.5 Å². The van der Waals surface area contributed by atoms with Crippen molar-refractivity contribution in [1.29, 1.82) is 0 Å². The minimum absolute atomic E-state index is 0.380.